The van der Waals surface area contributed by atoms with E-state index >= 15 is 0 Å². The second-order valence-corrected chi connectivity index (χ2v) is 5.48. The van der Waals surface area contributed by atoms with E-state index in [1.54, 1.807) is 17.5 Å². The van der Waals surface area contributed by atoms with E-state index in [4.69, 9.17) is 4.74 Å². The number of aromatic amines is 1. The highest BCUT2D eigenvalue weighted by Crippen LogP contribution is 2.23. The van der Waals surface area contributed by atoms with Crippen molar-refractivity contribution in [2.75, 3.05) is 19.8 Å². The van der Waals surface area contributed by atoms with Gasteiger partial charge in [-0.3, -0.25) is 9.89 Å². The molecule has 0 aliphatic carbocycles. The monoisotopic (exact) mass is 277 g/mol. The van der Waals surface area contributed by atoms with Crippen molar-refractivity contribution in [3.8, 4) is 0 Å². The van der Waals surface area contributed by atoms with Crippen LogP contribution in [0.3, 0.4) is 0 Å². The number of ether oxygens (including phenoxy) is 1. The third-order valence-electron chi connectivity index (χ3n) is 3.24. The van der Waals surface area contributed by atoms with Gasteiger partial charge < -0.3 is 9.64 Å². The van der Waals surface area contributed by atoms with Crippen molar-refractivity contribution < 1.29 is 9.53 Å². The van der Waals surface area contributed by atoms with E-state index in [1.165, 1.54) is 0 Å². The Morgan fingerprint density at radius 2 is 2.53 bits per heavy atom. The lowest BCUT2D eigenvalue weighted by molar-refractivity contribution is -0.139. The summed E-state index contributed by atoms with van der Waals surface area (Å²) in [5.41, 5.74) is 0.930. The van der Waals surface area contributed by atoms with Crippen molar-refractivity contribution in [2.45, 2.75) is 12.5 Å². The number of carbonyl (C=O) groups excluding carboxylic acids is 1. The van der Waals surface area contributed by atoms with Crippen LogP contribution in [0, 0.1) is 0 Å². The maximum Gasteiger partial charge on any atom is 0.228 e. The number of thiophene rings is 1. The standard InChI is InChI=1S/C13H15N3O2S/c17-13(8-10-2-1-7-19-10)16-5-6-18-9-12(16)11-3-4-14-15-11/h1-4,7,12H,5-6,8-9H2,(H,14,15)/t12-/m0/s1. The third kappa shape index (κ3) is 2.69. The van der Waals surface area contributed by atoms with E-state index in [0.29, 0.717) is 26.2 Å². The van der Waals surface area contributed by atoms with Gasteiger partial charge in [0.1, 0.15) is 0 Å². The van der Waals surface area contributed by atoms with E-state index in [0.717, 1.165) is 10.6 Å². The van der Waals surface area contributed by atoms with Gasteiger partial charge in [0, 0.05) is 17.6 Å². The molecule has 1 amide bonds. The molecule has 1 atom stereocenters. The summed E-state index contributed by atoms with van der Waals surface area (Å²) in [6.45, 7) is 1.76. The molecule has 3 heterocycles. The van der Waals surface area contributed by atoms with Crippen LogP contribution in [0.2, 0.25) is 0 Å². The van der Waals surface area contributed by atoms with Crippen LogP contribution in [-0.4, -0.2) is 40.8 Å². The van der Waals surface area contributed by atoms with Crippen LogP contribution in [0.5, 0.6) is 0 Å². The molecule has 100 valence electrons. The molecule has 0 radical (unpaired) electrons. The quantitative estimate of drug-likeness (QED) is 0.927. The van der Waals surface area contributed by atoms with Crippen LogP contribution in [0.25, 0.3) is 0 Å². The van der Waals surface area contributed by atoms with Crippen molar-refractivity contribution in [3.63, 3.8) is 0 Å². The van der Waals surface area contributed by atoms with Gasteiger partial charge in [0.25, 0.3) is 0 Å². The molecule has 0 saturated carbocycles. The average molecular weight is 277 g/mol. The summed E-state index contributed by atoms with van der Waals surface area (Å²) in [5.74, 6) is 0.144. The Bertz CT molecular complexity index is 524. The Balaban J connectivity index is 1.75. The Morgan fingerprint density at radius 1 is 1.58 bits per heavy atom. The van der Waals surface area contributed by atoms with Crippen LogP contribution in [0.15, 0.2) is 29.8 Å². The number of rotatable bonds is 3. The maximum absolute atomic E-state index is 12.4. The normalized spacial score (nSPS) is 19.6. The summed E-state index contributed by atoms with van der Waals surface area (Å²) >= 11 is 1.62. The summed E-state index contributed by atoms with van der Waals surface area (Å²) in [6, 6.07) is 5.81. The second kappa shape index (κ2) is 5.54. The summed E-state index contributed by atoms with van der Waals surface area (Å²) < 4.78 is 5.48. The van der Waals surface area contributed by atoms with Gasteiger partial charge in [-0.2, -0.15) is 5.10 Å². The van der Waals surface area contributed by atoms with E-state index in [1.807, 2.05) is 28.5 Å². The van der Waals surface area contributed by atoms with E-state index < -0.39 is 0 Å². The molecule has 0 bridgehead atoms. The number of hydrogen-bond acceptors (Lipinski definition) is 4. The zero-order chi connectivity index (χ0) is 13.1. The first-order valence-corrected chi connectivity index (χ1v) is 7.11. The van der Waals surface area contributed by atoms with Gasteiger partial charge in [0.05, 0.1) is 31.4 Å². The van der Waals surface area contributed by atoms with Crippen LogP contribution in [0.4, 0.5) is 0 Å². The summed E-state index contributed by atoms with van der Waals surface area (Å²) in [7, 11) is 0. The fourth-order valence-corrected chi connectivity index (χ4v) is 2.97. The van der Waals surface area contributed by atoms with E-state index in [-0.39, 0.29) is 11.9 Å². The molecule has 1 fully saturated rings. The van der Waals surface area contributed by atoms with Gasteiger partial charge in [0.2, 0.25) is 5.91 Å². The second-order valence-electron chi connectivity index (χ2n) is 4.45. The van der Waals surface area contributed by atoms with Gasteiger partial charge in [-0.15, -0.1) is 11.3 Å². The molecule has 1 aliphatic rings. The lowest BCUT2D eigenvalue weighted by Gasteiger charge is -2.34. The van der Waals surface area contributed by atoms with Crippen LogP contribution < -0.4 is 0 Å². The Morgan fingerprint density at radius 3 is 3.26 bits per heavy atom. The van der Waals surface area contributed by atoms with Gasteiger partial charge in [-0.25, -0.2) is 0 Å². The molecule has 2 aromatic rings. The Labute approximate surface area is 115 Å². The Hall–Kier alpha value is -1.66. The van der Waals surface area contributed by atoms with Gasteiger partial charge in [-0.1, -0.05) is 6.07 Å². The molecule has 6 heteroatoms. The minimum atomic E-state index is -0.0521. The molecule has 0 unspecified atom stereocenters. The van der Waals surface area contributed by atoms with Crippen molar-refractivity contribution in [1.82, 2.24) is 15.1 Å². The molecular formula is C13H15N3O2S. The fraction of sp³-hybridized carbons (Fsp3) is 0.385. The highest BCUT2D eigenvalue weighted by Gasteiger charge is 2.29. The first-order valence-electron chi connectivity index (χ1n) is 6.23. The van der Waals surface area contributed by atoms with Crippen molar-refractivity contribution in [2.24, 2.45) is 0 Å². The number of hydrogen-bond donors (Lipinski definition) is 1. The predicted octanol–water partition coefficient (Wildman–Crippen LogP) is 1.61. The number of morpholine rings is 1. The lowest BCUT2D eigenvalue weighted by atomic mass is 10.1. The molecule has 2 aromatic heterocycles. The zero-order valence-corrected chi connectivity index (χ0v) is 11.2. The van der Waals surface area contributed by atoms with Crippen molar-refractivity contribution >= 4 is 17.2 Å². The number of nitrogens with one attached hydrogen (secondary N) is 1. The van der Waals surface area contributed by atoms with E-state index in [9.17, 15) is 4.79 Å². The number of H-pyrrole nitrogens is 1. The number of carbonyl (C=O) groups is 1. The molecular weight excluding hydrogens is 262 g/mol. The highest BCUT2D eigenvalue weighted by molar-refractivity contribution is 7.10. The average Bonchev–Trinajstić information content (AvgIpc) is 3.11. The minimum absolute atomic E-state index is 0.0521. The highest BCUT2D eigenvalue weighted by atomic mass is 32.1. The number of aromatic nitrogens is 2. The third-order valence-corrected chi connectivity index (χ3v) is 4.11. The van der Waals surface area contributed by atoms with Crippen LogP contribution in [0.1, 0.15) is 16.6 Å². The van der Waals surface area contributed by atoms with Crippen molar-refractivity contribution in [3.05, 3.63) is 40.3 Å². The molecule has 5 nitrogen and oxygen atoms in total. The number of amides is 1. The Kier molecular flexibility index (Phi) is 3.61. The largest absolute Gasteiger partial charge is 0.377 e. The van der Waals surface area contributed by atoms with Crippen LogP contribution >= 0.6 is 11.3 Å². The minimum Gasteiger partial charge on any atom is -0.377 e. The van der Waals surface area contributed by atoms with E-state index in [2.05, 4.69) is 10.2 Å². The fourth-order valence-electron chi connectivity index (χ4n) is 2.28. The topological polar surface area (TPSA) is 58.2 Å². The lowest BCUT2D eigenvalue weighted by Crippen LogP contribution is -2.44. The molecule has 0 spiro atoms. The summed E-state index contributed by atoms with van der Waals surface area (Å²) in [4.78, 5) is 15.4. The first kappa shape index (κ1) is 12.4. The predicted molar refractivity (Wildman–Crippen MR) is 71.9 cm³/mol. The van der Waals surface area contributed by atoms with Gasteiger partial charge >= 0.3 is 0 Å². The summed E-state index contributed by atoms with van der Waals surface area (Å²) in [5, 5.41) is 8.87. The smallest absolute Gasteiger partial charge is 0.228 e. The molecule has 1 saturated heterocycles. The first-order chi connectivity index (χ1) is 9.34. The van der Waals surface area contributed by atoms with Crippen LogP contribution in [-0.2, 0) is 16.0 Å². The molecule has 1 N–H and O–H groups in total. The zero-order valence-electron chi connectivity index (χ0n) is 10.4. The van der Waals surface area contributed by atoms with Gasteiger partial charge in [0.15, 0.2) is 0 Å². The molecule has 0 aromatic carbocycles. The van der Waals surface area contributed by atoms with Gasteiger partial charge in [-0.05, 0) is 17.5 Å². The summed E-state index contributed by atoms with van der Waals surface area (Å²) in [6.07, 6.45) is 2.16. The SMILES string of the molecule is O=C(Cc1cccs1)N1CCOC[C@H]1c1ccn[nH]1. The number of nitrogens with zero attached hydrogens (tertiary/aromatic N) is 2. The molecule has 1 aliphatic heterocycles. The molecule has 3 rings (SSSR count). The molecule has 19 heavy (non-hydrogen) atoms. The van der Waals surface area contributed by atoms with Crippen molar-refractivity contribution in [1.29, 1.82) is 0 Å². The maximum atomic E-state index is 12.4.